The smallest absolute Gasteiger partial charge is 0.248 e. The van der Waals surface area contributed by atoms with E-state index in [0.29, 0.717) is 33.6 Å². The average molecular weight is 481 g/mol. The van der Waals surface area contributed by atoms with Crippen LogP contribution in [0.4, 0.5) is 0 Å². The Morgan fingerprint density at radius 2 is 1.36 bits per heavy atom. The van der Waals surface area contributed by atoms with Crippen LogP contribution in [0.2, 0.25) is 0 Å². The fraction of sp³-hybridized carbons (Fsp3) is 0.500. The minimum atomic E-state index is 0.134. The molecule has 33 heavy (non-hydrogen) atoms. The molecule has 0 bridgehead atoms. The molecule has 0 N–H and O–H groups in total. The number of hydrogen-bond donors (Lipinski definition) is 0. The van der Waals surface area contributed by atoms with Crippen molar-refractivity contribution in [3.8, 4) is 22.9 Å². The van der Waals surface area contributed by atoms with E-state index in [1.807, 2.05) is 0 Å². The summed E-state index contributed by atoms with van der Waals surface area (Å²) in [4.78, 5) is 0. The first kappa shape index (κ1) is 23.0. The highest BCUT2D eigenvalue weighted by Gasteiger charge is 2.28. The van der Waals surface area contributed by atoms with Crippen molar-refractivity contribution >= 4 is 21.8 Å². The van der Waals surface area contributed by atoms with E-state index in [4.69, 9.17) is 4.42 Å². The Morgan fingerprint density at radius 3 is 2.00 bits per heavy atom. The van der Waals surface area contributed by atoms with Gasteiger partial charge in [-0.1, -0.05) is 45.0 Å². The number of hydrogen-bond acceptors (Lipinski definition) is 3. The zero-order valence-corrected chi connectivity index (χ0v) is 21.9. The number of benzene rings is 2. The van der Waals surface area contributed by atoms with Crippen LogP contribution in [0.1, 0.15) is 63.1 Å². The summed E-state index contributed by atoms with van der Waals surface area (Å²) in [5.74, 6) is 9.20. The van der Waals surface area contributed by atoms with Crippen LogP contribution in [0.3, 0.4) is 0 Å². The molecule has 3 aromatic rings. The molecule has 174 valence electrons. The van der Waals surface area contributed by atoms with Crippen LogP contribution in [0, 0.1) is 0 Å². The zero-order valence-electron chi connectivity index (χ0n) is 20.2. The first-order chi connectivity index (χ1) is 16.0. The van der Waals surface area contributed by atoms with Gasteiger partial charge in [-0.3, -0.25) is 0 Å². The number of nitrogens with zero attached hydrogens (tertiary/aromatic N) is 2. The predicted octanol–water partition coefficient (Wildman–Crippen LogP) is 6.53. The molecule has 0 aliphatic carbocycles. The van der Waals surface area contributed by atoms with E-state index in [1.54, 1.807) is 0 Å². The third-order valence-electron chi connectivity index (χ3n) is 6.79. The Balaban J connectivity index is 1.44. The molecule has 2 aliphatic rings. The average Bonchev–Trinajstić information content (AvgIpc) is 3.58. The summed E-state index contributed by atoms with van der Waals surface area (Å²) < 4.78 is 6.29. The molecule has 5 rings (SSSR count). The molecule has 0 atom stereocenters. The maximum atomic E-state index is 6.29. The first-order valence-electron chi connectivity index (χ1n) is 12.3. The van der Waals surface area contributed by atoms with Crippen molar-refractivity contribution in [2.75, 3.05) is 23.0 Å². The maximum Gasteiger partial charge on any atom is 0.248 e. The quantitative estimate of drug-likeness (QED) is 0.377. The molecular weight excluding hydrogens is 444 g/mol. The van der Waals surface area contributed by atoms with Gasteiger partial charge in [-0.2, -0.15) is 0 Å². The molecule has 0 amide bonds. The van der Waals surface area contributed by atoms with Crippen LogP contribution in [-0.4, -0.2) is 33.2 Å². The predicted molar refractivity (Wildman–Crippen MR) is 144 cm³/mol. The van der Waals surface area contributed by atoms with Gasteiger partial charge in [0.15, 0.2) is 0 Å². The Hall–Kier alpha value is -1.72. The monoisotopic (exact) mass is 480 g/mol. The van der Waals surface area contributed by atoms with E-state index in [1.165, 1.54) is 76.7 Å². The third-order valence-corrected chi connectivity index (χ3v) is 11.7. The molecule has 1 aromatic heterocycles. The zero-order chi connectivity index (χ0) is 22.8. The van der Waals surface area contributed by atoms with Gasteiger partial charge in [0.05, 0.1) is 0 Å². The van der Waals surface area contributed by atoms with Crippen molar-refractivity contribution in [2.24, 2.45) is 0 Å². The van der Waals surface area contributed by atoms with Crippen molar-refractivity contribution in [3.05, 3.63) is 59.2 Å². The molecule has 0 radical (unpaired) electrons. The fourth-order valence-electron chi connectivity index (χ4n) is 4.77. The van der Waals surface area contributed by atoms with E-state index < -0.39 is 0 Å². The summed E-state index contributed by atoms with van der Waals surface area (Å²) in [6, 6.07) is 15.7. The minimum Gasteiger partial charge on any atom is -0.416 e. The van der Waals surface area contributed by atoms with Crippen LogP contribution in [0.15, 0.2) is 46.9 Å². The van der Waals surface area contributed by atoms with E-state index in [9.17, 15) is 0 Å². The van der Waals surface area contributed by atoms with Crippen LogP contribution in [0.5, 0.6) is 0 Å². The van der Waals surface area contributed by atoms with E-state index in [2.05, 4.69) is 73.4 Å². The van der Waals surface area contributed by atoms with Gasteiger partial charge >= 0.3 is 0 Å². The number of aromatic nitrogens is 2. The van der Waals surface area contributed by atoms with Crippen molar-refractivity contribution in [3.63, 3.8) is 0 Å². The topological polar surface area (TPSA) is 38.9 Å². The van der Waals surface area contributed by atoms with E-state index >= 15 is 0 Å². The lowest BCUT2D eigenvalue weighted by molar-refractivity contribution is 0.581. The van der Waals surface area contributed by atoms with Crippen molar-refractivity contribution in [1.82, 2.24) is 10.2 Å². The molecule has 0 unspecified atom stereocenters. The summed E-state index contributed by atoms with van der Waals surface area (Å²) in [6.07, 6.45) is 5.57. The second kappa shape index (κ2) is 9.87. The van der Waals surface area contributed by atoms with Gasteiger partial charge in [0.25, 0.3) is 0 Å². The Kier molecular flexibility index (Phi) is 6.89. The Bertz CT molecular complexity index is 1070. The summed E-state index contributed by atoms with van der Waals surface area (Å²) in [5.41, 5.74) is 6.42. The Labute approximate surface area is 204 Å². The van der Waals surface area contributed by atoms with Crippen LogP contribution in [-0.2, 0) is 38.7 Å². The fourth-order valence-corrected chi connectivity index (χ4v) is 9.55. The third kappa shape index (κ3) is 5.51. The van der Waals surface area contributed by atoms with Crippen LogP contribution >= 0.6 is 0 Å². The summed E-state index contributed by atoms with van der Waals surface area (Å²) >= 11 is 0. The first-order valence-corrected chi connectivity index (χ1v) is 15.8. The van der Waals surface area contributed by atoms with Gasteiger partial charge in [0.1, 0.15) is 34.5 Å². The molecule has 2 saturated heterocycles. The molecule has 3 nitrogen and oxygen atoms in total. The van der Waals surface area contributed by atoms with Crippen molar-refractivity contribution in [2.45, 2.75) is 63.4 Å². The summed E-state index contributed by atoms with van der Waals surface area (Å²) in [5, 5.41) is 8.98. The second-order valence-electron chi connectivity index (χ2n) is 10.5. The molecule has 2 aromatic carbocycles. The second-order valence-corrected chi connectivity index (χ2v) is 15.1. The van der Waals surface area contributed by atoms with E-state index in [-0.39, 0.29) is 5.41 Å². The lowest BCUT2D eigenvalue weighted by Crippen LogP contribution is -2.10. The van der Waals surface area contributed by atoms with Crippen LogP contribution < -0.4 is 0 Å². The van der Waals surface area contributed by atoms with Crippen molar-refractivity contribution < 1.29 is 4.42 Å². The largest absolute Gasteiger partial charge is 0.416 e. The summed E-state index contributed by atoms with van der Waals surface area (Å²) in [7, 11) is 1.05. The van der Waals surface area contributed by atoms with E-state index in [0.717, 1.165) is 11.3 Å². The van der Waals surface area contributed by atoms with Gasteiger partial charge in [-0.15, -0.1) is 10.2 Å². The highest BCUT2D eigenvalue weighted by atomic mass is 32.2. The summed E-state index contributed by atoms with van der Waals surface area (Å²) in [6.45, 7) is 6.70. The lowest BCUT2D eigenvalue weighted by atomic mass is 9.87. The van der Waals surface area contributed by atoms with Gasteiger partial charge in [-0.25, -0.2) is 0 Å². The SMILES string of the molecule is CC(C)(C)c1ccc(-c2nnc(-c3cc(C[S+]4CCCC4)ccc3C[S+]3CCCC3)o2)cc1. The van der Waals surface area contributed by atoms with Gasteiger partial charge in [-0.05, 0) is 76.7 Å². The molecule has 0 saturated carbocycles. The molecule has 0 spiro atoms. The van der Waals surface area contributed by atoms with Gasteiger partial charge in [0, 0.05) is 22.3 Å². The highest BCUT2D eigenvalue weighted by Crippen LogP contribution is 2.32. The maximum absolute atomic E-state index is 6.29. The lowest BCUT2D eigenvalue weighted by Gasteiger charge is -2.18. The molecule has 2 fully saturated rings. The van der Waals surface area contributed by atoms with Gasteiger partial charge in [0.2, 0.25) is 11.8 Å². The van der Waals surface area contributed by atoms with Crippen LogP contribution in [0.25, 0.3) is 22.9 Å². The molecule has 2 aliphatic heterocycles. The molecular formula is C28H36N2OS2+2. The van der Waals surface area contributed by atoms with Gasteiger partial charge < -0.3 is 4.42 Å². The van der Waals surface area contributed by atoms with Crippen molar-refractivity contribution in [1.29, 1.82) is 0 Å². The highest BCUT2D eigenvalue weighted by molar-refractivity contribution is 7.96. The normalized spacial score (nSPS) is 17.8. The number of rotatable bonds is 6. The standard InChI is InChI=1S/C28H36N2OS2/c1-28(2,3)24-12-10-22(11-13-24)26-29-30-27(31-26)25-18-21(19-32-14-4-5-15-32)8-9-23(25)20-33-16-6-7-17-33/h8-13,18H,4-7,14-17,19-20H2,1-3H3/q+2. The molecule has 5 heteroatoms. The molecule has 3 heterocycles. The minimum absolute atomic E-state index is 0.134. The Morgan fingerprint density at radius 1 is 0.758 bits per heavy atom.